The second-order valence-corrected chi connectivity index (χ2v) is 5.84. The number of nitrogens with one attached hydrogen (secondary N) is 2. The predicted molar refractivity (Wildman–Crippen MR) is 82.8 cm³/mol. The summed E-state index contributed by atoms with van der Waals surface area (Å²) in [6.07, 6.45) is 2.25. The lowest BCUT2D eigenvalue weighted by Gasteiger charge is -2.30. The third-order valence-corrected chi connectivity index (χ3v) is 4.15. The summed E-state index contributed by atoms with van der Waals surface area (Å²) < 4.78 is 5.68. The third kappa shape index (κ3) is 3.36. The largest absolute Gasteiger partial charge is 0.384 e. The van der Waals surface area contributed by atoms with Gasteiger partial charge in [-0.25, -0.2) is 0 Å². The summed E-state index contributed by atoms with van der Waals surface area (Å²) in [6.45, 7) is 4.06. The van der Waals surface area contributed by atoms with Gasteiger partial charge in [0.2, 0.25) is 0 Å². The molecular formula is C16H23N3O2. The van der Waals surface area contributed by atoms with E-state index in [1.165, 1.54) is 5.56 Å². The van der Waals surface area contributed by atoms with Gasteiger partial charge in [-0.3, -0.25) is 4.79 Å². The highest BCUT2D eigenvalue weighted by Gasteiger charge is 2.21. The number of benzene rings is 1. The molecule has 0 aromatic heterocycles. The molecule has 0 saturated carbocycles. The molecule has 2 N–H and O–H groups in total. The zero-order chi connectivity index (χ0) is 14.7. The fourth-order valence-electron chi connectivity index (χ4n) is 2.99. The van der Waals surface area contributed by atoms with E-state index in [0.717, 1.165) is 50.3 Å². The van der Waals surface area contributed by atoms with Crippen LogP contribution in [-0.4, -0.2) is 56.7 Å². The van der Waals surface area contributed by atoms with Crippen molar-refractivity contribution >= 4 is 11.6 Å². The molecular weight excluding hydrogens is 266 g/mol. The van der Waals surface area contributed by atoms with Gasteiger partial charge in [-0.15, -0.1) is 0 Å². The number of fused-ring (bicyclic) bond motifs is 1. The summed E-state index contributed by atoms with van der Waals surface area (Å²) in [7, 11) is 2.08. The summed E-state index contributed by atoms with van der Waals surface area (Å²) in [5, 5.41) is 6.37. The van der Waals surface area contributed by atoms with E-state index in [9.17, 15) is 4.79 Å². The lowest BCUT2D eigenvalue weighted by atomic mass is 9.99. The molecule has 1 fully saturated rings. The van der Waals surface area contributed by atoms with Gasteiger partial charge < -0.3 is 20.3 Å². The second-order valence-electron chi connectivity index (χ2n) is 5.84. The van der Waals surface area contributed by atoms with Gasteiger partial charge in [-0.1, -0.05) is 12.1 Å². The molecule has 0 bridgehead atoms. The maximum atomic E-state index is 12.4. The number of carbonyl (C=O) groups excluding carboxylic acids is 1. The van der Waals surface area contributed by atoms with Crippen LogP contribution in [0.1, 0.15) is 22.3 Å². The van der Waals surface area contributed by atoms with Crippen molar-refractivity contribution in [2.75, 3.05) is 45.2 Å². The van der Waals surface area contributed by atoms with Gasteiger partial charge in [0, 0.05) is 26.2 Å². The zero-order valence-corrected chi connectivity index (χ0v) is 12.5. The van der Waals surface area contributed by atoms with E-state index in [1.807, 2.05) is 12.1 Å². The fourth-order valence-corrected chi connectivity index (χ4v) is 2.99. The lowest BCUT2D eigenvalue weighted by Crippen LogP contribution is -2.46. The minimum Gasteiger partial charge on any atom is -0.384 e. The van der Waals surface area contributed by atoms with E-state index in [-0.39, 0.29) is 12.0 Å². The summed E-state index contributed by atoms with van der Waals surface area (Å²) in [5.74, 6) is -0.0157. The molecule has 1 aromatic rings. The van der Waals surface area contributed by atoms with E-state index in [2.05, 4.69) is 28.6 Å². The summed E-state index contributed by atoms with van der Waals surface area (Å²) in [4.78, 5) is 14.6. The Kier molecular flexibility index (Phi) is 4.41. The fraction of sp³-hybridized carbons (Fsp3) is 0.562. The van der Waals surface area contributed by atoms with Crippen LogP contribution >= 0.6 is 0 Å². The Morgan fingerprint density at radius 2 is 2.43 bits per heavy atom. The van der Waals surface area contributed by atoms with Crippen LogP contribution in [0, 0.1) is 0 Å². The van der Waals surface area contributed by atoms with Gasteiger partial charge >= 0.3 is 0 Å². The molecule has 3 rings (SSSR count). The number of para-hydroxylation sites is 1. The number of anilines is 1. The van der Waals surface area contributed by atoms with Crippen molar-refractivity contribution in [3.05, 3.63) is 29.3 Å². The number of nitrogens with zero attached hydrogens (tertiary/aromatic N) is 1. The Labute approximate surface area is 125 Å². The van der Waals surface area contributed by atoms with Crippen LogP contribution in [0.4, 0.5) is 5.69 Å². The molecule has 0 aliphatic carbocycles. The van der Waals surface area contributed by atoms with Crippen molar-refractivity contribution < 1.29 is 9.53 Å². The molecule has 2 aliphatic rings. The molecule has 5 heteroatoms. The highest BCUT2D eigenvalue weighted by atomic mass is 16.5. The minimum absolute atomic E-state index is 0.0157. The molecule has 5 nitrogen and oxygen atoms in total. The molecule has 1 amide bonds. The predicted octanol–water partition coefficient (Wildman–Crippen LogP) is 1.11. The van der Waals surface area contributed by atoms with Gasteiger partial charge in [0.15, 0.2) is 0 Å². The molecule has 1 saturated heterocycles. The Morgan fingerprint density at radius 3 is 3.29 bits per heavy atom. The van der Waals surface area contributed by atoms with Crippen LogP contribution in [0.3, 0.4) is 0 Å². The van der Waals surface area contributed by atoms with Crippen LogP contribution < -0.4 is 10.6 Å². The highest BCUT2D eigenvalue weighted by Crippen LogP contribution is 2.25. The van der Waals surface area contributed by atoms with Crippen LogP contribution in [0.2, 0.25) is 0 Å². The van der Waals surface area contributed by atoms with Crippen molar-refractivity contribution in [3.8, 4) is 0 Å². The number of hydrogen-bond donors (Lipinski definition) is 2. The number of ether oxygens (including phenoxy) is 1. The number of likely N-dealkylation sites (N-methyl/N-ethyl adjacent to an activating group) is 1. The topological polar surface area (TPSA) is 53.6 Å². The van der Waals surface area contributed by atoms with Gasteiger partial charge in [0.25, 0.3) is 5.91 Å². The lowest BCUT2D eigenvalue weighted by molar-refractivity contribution is -0.0174. The highest BCUT2D eigenvalue weighted by molar-refractivity contribution is 6.00. The maximum Gasteiger partial charge on any atom is 0.253 e. The van der Waals surface area contributed by atoms with Crippen molar-refractivity contribution in [2.24, 2.45) is 0 Å². The van der Waals surface area contributed by atoms with Gasteiger partial charge in [-0.05, 0) is 31.5 Å². The summed E-state index contributed by atoms with van der Waals surface area (Å²) in [6, 6.07) is 5.95. The van der Waals surface area contributed by atoms with Crippen LogP contribution in [-0.2, 0) is 11.2 Å². The number of rotatable bonds is 3. The first-order valence-corrected chi connectivity index (χ1v) is 7.68. The number of hydrogen-bond acceptors (Lipinski definition) is 4. The Balaban J connectivity index is 1.63. The average molecular weight is 289 g/mol. The Morgan fingerprint density at radius 1 is 1.52 bits per heavy atom. The molecule has 1 atom stereocenters. The van der Waals surface area contributed by atoms with Crippen molar-refractivity contribution in [2.45, 2.75) is 18.9 Å². The third-order valence-electron chi connectivity index (χ3n) is 4.15. The molecule has 114 valence electrons. The molecule has 1 aromatic carbocycles. The quantitative estimate of drug-likeness (QED) is 0.875. The number of carbonyl (C=O) groups is 1. The van der Waals surface area contributed by atoms with E-state index in [0.29, 0.717) is 6.54 Å². The van der Waals surface area contributed by atoms with Crippen molar-refractivity contribution in [1.82, 2.24) is 10.2 Å². The van der Waals surface area contributed by atoms with Gasteiger partial charge in [-0.2, -0.15) is 0 Å². The first-order valence-electron chi connectivity index (χ1n) is 7.68. The van der Waals surface area contributed by atoms with Crippen molar-refractivity contribution in [1.29, 1.82) is 0 Å². The molecule has 1 unspecified atom stereocenters. The average Bonchev–Trinajstić information content (AvgIpc) is 2.52. The van der Waals surface area contributed by atoms with Gasteiger partial charge in [0.05, 0.1) is 24.0 Å². The maximum absolute atomic E-state index is 12.4. The van der Waals surface area contributed by atoms with E-state index in [1.54, 1.807) is 0 Å². The first-order chi connectivity index (χ1) is 10.2. The van der Waals surface area contributed by atoms with E-state index < -0.39 is 0 Å². The molecule has 2 heterocycles. The number of amides is 1. The smallest absolute Gasteiger partial charge is 0.253 e. The summed E-state index contributed by atoms with van der Waals surface area (Å²) in [5.41, 5.74) is 2.99. The monoisotopic (exact) mass is 289 g/mol. The zero-order valence-electron chi connectivity index (χ0n) is 12.5. The second kappa shape index (κ2) is 6.45. The van der Waals surface area contributed by atoms with Crippen LogP contribution in [0.5, 0.6) is 0 Å². The van der Waals surface area contributed by atoms with E-state index in [4.69, 9.17) is 4.74 Å². The van der Waals surface area contributed by atoms with Crippen LogP contribution in [0.25, 0.3) is 0 Å². The molecule has 21 heavy (non-hydrogen) atoms. The minimum atomic E-state index is -0.0157. The van der Waals surface area contributed by atoms with Gasteiger partial charge in [0.1, 0.15) is 0 Å². The molecule has 0 radical (unpaired) electrons. The van der Waals surface area contributed by atoms with Crippen molar-refractivity contribution in [3.63, 3.8) is 0 Å². The molecule has 0 spiro atoms. The number of morpholine rings is 1. The summed E-state index contributed by atoms with van der Waals surface area (Å²) >= 11 is 0. The Bertz CT molecular complexity index is 518. The normalized spacial score (nSPS) is 22.2. The van der Waals surface area contributed by atoms with Crippen LogP contribution in [0.15, 0.2) is 18.2 Å². The van der Waals surface area contributed by atoms with E-state index >= 15 is 0 Å². The standard InChI is InChI=1S/C16H23N3O2/c1-19-8-9-21-13(11-19)10-18-16(20)14-6-2-4-12-5-3-7-17-15(12)14/h2,4,6,13,17H,3,5,7-11H2,1H3,(H,18,20). The molecule has 2 aliphatic heterocycles. The SMILES string of the molecule is CN1CCOC(CNC(=O)c2cccc3c2NCCC3)C1. The number of aryl methyl sites for hydroxylation is 1. The Hall–Kier alpha value is -1.59. The first kappa shape index (κ1) is 14.4.